The van der Waals surface area contributed by atoms with Crippen LogP contribution in [0.25, 0.3) is 16.7 Å². The molecular weight excluding hydrogens is 396 g/mol. The van der Waals surface area contributed by atoms with E-state index in [-0.39, 0.29) is 23.7 Å². The van der Waals surface area contributed by atoms with Crippen molar-refractivity contribution < 1.29 is 18.7 Å². The van der Waals surface area contributed by atoms with Gasteiger partial charge < -0.3 is 14.5 Å². The Morgan fingerprint density at radius 2 is 1.94 bits per heavy atom. The van der Waals surface area contributed by atoms with E-state index in [0.29, 0.717) is 11.6 Å². The van der Waals surface area contributed by atoms with Gasteiger partial charge in [-0.05, 0) is 57.0 Å². The van der Waals surface area contributed by atoms with Crippen LogP contribution in [-0.4, -0.2) is 33.2 Å². The normalized spacial score (nSPS) is 11.0. The van der Waals surface area contributed by atoms with Crippen LogP contribution in [0.15, 0.2) is 47.0 Å². The summed E-state index contributed by atoms with van der Waals surface area (Å²) in [6.45, 7) is 7.61. The molecule has 4 aromatic rings. The number of aromatic nitrogens is 3. The average Bonchev–Trinajstić information content (AvgIpc) is 3.35. The molecule has 0 radical (unpaired) electrons. The fourth-order valence-electron chi connectivity index (χ4n) is 3.38. The second-order valence-corrected chi connectivity index (χ2v) is 7.17. The summed E-state index contributed by atoms with van der Waals surface area (Å²) in [6.07, 6.45) is 1.36. The van der Waals surface area contributed by atoms with Crippen LogP contribution < -0.4 is 5.32 Å². The number of anilines is 1. The second-order valence-electron chi connectivity index (χ2n) is 7.17. The lowest BCUT2D eigenvalue weighted by Crippen LogP contribution is -2.18. The average molecular weight is 418 g/mol. The van der Waals surface area contributed by atoms with Gasteiger partial charge in [0.25, 0.3) is 5.91 Å². The summed E-state index contributed by atoms with van der Waals surface area (Å²) in [7, 11) is 0. The van der Waals surface area contributed by atoms with E-state index in [0.717, 1.165) is 22.0 Å². The van der Waals surface area contributed by atoms with Crippen LogP contribution >= 0.6 is 0 Å². The van der Waals surface area contributed by atoms with Crippen molar-refractivity contribution in [2.24, 2.45) is 0 Å². The van der Waals surface area contributed by atoms with Crippen molar-refractivity contribution >= 4 is 28.6 Å². The lowest BCUT2D eigenvalue weighted by atomic mass is 10.1. The molecule has 0 atom stereocenters. The number of amides is 1. The zero-order valence-corrected chi connectivity index (χ0v) is 17.7. The van der Waals surface area contributed by atoms with Crippen LogP contribution in [0.5, 0.6) is 0 Å². The number of aryl methyl sites for hydroxylation is 3. The Balaban J connectivity index is 1.84. The molecule has 158 valence electrons. The zero-order valence-electron chi connectivity index (χ0n) is 17.7. The molecule has 1 amide bonds. The summed E-state index contributed by atoms with van der Waals surface area (Å²) in [4.78, 5) is 30.0. The lowest BCUT2D eigenvalue weighted by molar-refractivity contribution is 0.0527. The molecular formula is C23H22N4O4. The summed E-state index contributed by atoms with van der Waals surface area (Å²) in [5.41, 5.74) is 2.96. The first-order valence-electron chi connectivity index (χ1n) is 9.89. The van der Waals surface area contributed by atoms with Gasteiger partial charge in [-0.1, -0.05) is 18.2 Å². The molecule has 3 aromatic heterocycles. The minimum Gasteiger partial charge on any atom is -0.462 e. The van der Waals surface area contributed by atoms with E-state index in [1.54, 1.807) is 26.0 Å². The number of furan rings is 1. The molecule has 8 nitrogen and oxygen atoms in total. The number of benzene rings is 1. The van der Waals surface area contributed by atoms with Crippen molar-refractivity contribution in [1.29, 1.82) is 0 Å². The quantitative estimate of drug-likeness (QED) is 0.483. The van der Waals surface area contributed by atoms with E-state index in [9.17, 15) is 9.59 Å². The molecule has 0 unspecified atom stereocenters. The molecule has 0 bridgehead atoms. The van der Waals surface area contributed by atoms with E-state index in [4.69, 9.17) is 14.1 Å². The predicted octanol–water partition coefficient (Wildman–Crippen LogP) is 4.37. The number of pyridine rings is 1. The standard InChI is InChI=1S/C23H22N4O4/c1-5-30-23(29)17-12-24-27(21(17)26-22(28)18-10-9-15(4)31-18)19-11-14(3)16-8-6-7-13(2)20(16)25-19/h6-12H,5H2,1-4H3,(H,26,28). The molecule has 1 aromatic carbocycles. The Bertz CT molecular complexity index is 1300. The van der Waals surface area contributed by atoms with Crippen LogP contribution in [0.1, 0.15) is 44.7 Å². The van der Waals surface area contributed by atoms with Crippen LogP contribution in [0.4, 0.5) is 5.82 Å². The molecule has 0 saturated heterocycles. The van der Waals surface area contributed by atoms with Gasteiger partial charge >= 0.3 is 5.97 Å². The van der Waals surface area contributed by atoms with E-state index >= 15 is 0 Å². The fraction of sp³-hybridized carbons (Fsp3) is 0.217. The molecule has 0 fully saturated rings. The molecule has 0 aliphatic heterocycles. The maximum Gasteiger partial charge on any atom is 0.343 e. The molecule has 0 spiro atoms. The van der Waals surface area contributed by atoms with Crippen LogP contribution in [0, 0.1) is 20.8 Å². The summed E-state index contributed by atoms with van der Waals surface area (Å²) in [6, 6.07) is 11.1. The van der Waals surface area contributed by atoms with Gasteiger partial charge in [-0.3, -0.25) is 4.79 Å². The van der Waals surface area contributed by atoms with Crippen molar-refractivity contribution in [3.8, 4) is 5.82 Å². The maximum atomic E-state index is 12.8. The first-order valence-corrected chi connectivity index (χ1v) is 9.89. The molecule has 8 heteroatoms. The molecule has 31 heavy (non-hydrogen) atoms. The SMILES string of the molecule is CCOC(=O)c1cnn(-c2cc(C)c3cccc(C)c3n2)c1NC(=O)c1ccc(C)o1. The Morgan fingerprint density at radius 3 is 2.65 bits per heavy atom. The molecule has 3 heterocycles. The number of hydrogen-bond donors (Lipinski definition) is 1. The van der Waals surface area contributed by atoms with Crippen molar-refractivity contribution in [2.45, 2.75) is 27.7 Å². The summed E-state index contributed by atoms with van der Waals surface area (Å²) < 4.78 is 12.0. The lowest BCUT2D eigenvalue weighted by Gasteiger charge is -2.12. The van der Waals surface area contributed by atoms with Crippen molar-refractivity contribution in [2.75, 3.05) is 11.9 Å². The number of carbonyl (C=O) groups is 2. The van der Waals surface area contributed by atoms with E-state index < -0.39 is 11.9 Å². The van der Waals surface area contributed by atoms with E-state index in [1.165, 1.54) is 10.9 Å². The third-order valence-corrected chi connectivity index (χ3v) is 4.91. The molecule has 0 saturated carbocycles. The first-order chi connectivity index (χ1) is 14.9. The van der Waals surface area contributed by atoms with E-state index in [2.05, 4.69) is 10.4 Å². The number of hydrogen-bond acceptors (Lipinski definition) is 6. The fourth-order valence-corrected chi connectivity index (χ4v) is 3.38. The number of fused-ring (bicyclic) bond motifs is 1. The van der Waals surface area contributed by atoms with Gasteiger partial charge in [0.05, 0.1) is 18.3 Å². The van der Waals surface area contributed by atoms with Crippen molar-refractivity contribution in [1.82, 2.24) is 14.8 Å². The Hall–Kier alpha value is -3.94. The van der Waals surface area contributed by atoms with Crippen LogP contribution in [-0.2, 0) is 4.74 Å². The second kappa shape index (κ2) is 8.06. The van der Waals surface area contributed by atoms with Gasteiger partial charge in [0.15, 0.2) is 17.4 Å². The van der Waals surface area contributed by atoms with Gasteiger partial charge in [-0.2, -0.15) is 9.78 Å². The van der Waals surface area contributed by atoms with E-state index in [1.807, 2.05) is 38.1 Å². The number of nitrogens with one attached hydrogen (secondary N) is 1. The van der Waals surface area contributed by atoms with Crippen LogP contribution in [0.3, 0.4) is 0 Å². The van der Waals surface area contributed by atoms with Gasteiger partial charge in [0.1, 0.15) is 11.3 Å². The number of rotatable bonds is 5. The third kappa shape index (κ3) is 3.79. The van der Waals surface area contributed by atoms with Gasteiger partial charge in [-0.25, -0.2) is 9.78 Å². The molecule has 1 N–H and O–H groups in total. The third-order valence-electron chi connectivity index (χ3n) is 4.91. The molecule has 0 aliphatic carbocycles. The highest BCUT2D eigenvalue weighted by Gasteiger charge is 2.24. The highest BCUT2D eigenvalue weighted by Crippen LogP contribution is 2.26. The molecule has 0 aliphatic rings. The minimum absolute atomic E-state index is 0.124. The smallest absolute Gasteiger partial charge is 0.343 e. The number of ether oxygens (including phenoxy) is 1. The first kappa shape index (κ1) is 20.3. The largest absolute Gasteiger partial charge is 0.462 e. The highest BCUT2D eigenvalue weighted by atomic mass is 16.5. The van der Waals surface area contributed by atoms with Crippen LogP contribution in [0.2, 0.25) is 0 Å². The predicted molar refractivity (Wildman–Crippen MR) is 116 cm³/mol. The summed E-state index contributed by atoms with van der Waals surface area (Å²) in [5.74, 6) is 0.269. The Labute approximate surface area is 178 Å². The monoisotopic (exact) mass is 418 g/mol. The number of nitrogens with zero attached hydrogens (tertiary/aromatic N) is 3. The maximum absolute atomic E-state index is 12.8. The van der Waals surface area contributed by atoms with Gasteiger partial charge in [0, 0.05) is 5.39 Å². The van der Waals surface area contributed by atoms with Crippen molar-refractivity contribution in [3.05, 3.63) is 70.8 Å². The van der Waals surface area contributed by atoms with Gasteiger partial charge in [-0.15, -0.1) is 0 Å². The molecule has 4 rings (SSSR count). The highest BCUT2D eigenvalue weighted by molar-refractivity contribution is 6.06. The number of para-hydroxylation sites is 1. The zero-order chi connectivity index (χ0) is 22.1. The summed E-state index contributed by atoms with van der Waals surface area (Å²) >= 11 is 0. The van der Waals surface area contributed by atoms with Gasteiger partial charge in [0.2, 0.25) is 0 Å². The topological polar surface area (TPSA) is 99.2 Å². The summed E-state index contributed by atoms with van der Waals surface area (Å²) in [5, 5.41) is 8.09. The number of esters is 1. The Kier molecular flexibility index (Phi) is 5.29. The van der Waals surface area contributed by atoms with Crippen molar-refractivity contribution in [3.63, 3.8) is 0 Å². The Morgan fingerprint density at radius 1 is 1.13 bits per heavy atom. The number of carbonyl (C=O) groups excluding carboxylic acids is 2. The minimum atomic E-state index is -0.589.